The summed E-state index contributed by atoms with van der Waals surface area (Å²) in [6, 6.07) is 17.0. The molecule has 0 heterocycles. The molecule has 0 amide bonds. The monoisotopic (exact) mass is 234 g/mol. The minimum Gasteiger partial charge on any atom is -0.0617 e. The lowest BCUT2D eigenvalue weighted by Crippen LogP contribution is -1.73. The number of hydrogen-bond donors (Lipinski definition) is 0. The molecule has 0 nitrogen and oxygen atoms in total. The summed E-state index contributed by atoms with van der Waals surface area (Å²) in [6.45, 7) is 4.20. The average molecular weight is 234 g/mol. The highest BCUT2D eigenvalue weighted by molar-refractivity contribution is 5.57. The van der Waals surface area contributed by atoms with Gasteiger partial charge in [0, 0.05) is 0 Å². The molecule has 0 unspecified atom stereocenters. The standard InChI is InChI=1S/C18H18/c1-15-7-11-17(12-8-15)5-3-4-6-18-13-9-16(2)10-14-18/h3-14H,1-2H3. The first kappa shape index (κ1) is 12.4. The zero-order chi connectivity index (χ0) is 12.8. The predicted molar refractivity (Wildman–Crippen MR) is 80.4 cm³/mol. The first-order valence-corrected chi connectivity index (χ1v) is 6.22. The van der Waals surface area contributed by atoms with E-state index in [-0.39, 0.29) is 0 Å². The van der Waals surface area contributed by atoms with Gasteiger partial charge in [0.1, 0.15) is 0 Å². The van der Waals surface area contributed by atoms with E-state index in [0.29, 0.717) is 0 Å². The number of benzene rings is 2. The summed E-state index contributed by atoms with van der Waals surface area (Å²) in [4.78, 5) is 0. The van der Waals surface area contributed by atoms with Crippen molar-refractivity contribution in [3.05, 3.63) is 82.9 Å². The van der Waals surface area contributed by atoms with Crippen molar-refractivity contribution in [1.82, 2.24) is 0 Å². The molecule has 18 heavy (non-hydrogen) atoms. The van der Waals surface area contributed by atoms with E-state index in [1.165, 1.54) is 22.3 Å². The van der Waals surface area contributed by atoms with Gasteiger partial charge in [0.25, 0.3) is 0 Å². The molecule has 2 aromatic carbocycles. The smallest absolute Gasteiger partial charge is 0.0256 e. The van der Waals surface area contributed by atoms with Crippen molar-refractivity contribution in [2.45, 2.75) is 13.8 Å². The number of rotatable bonds is 3. The fourth-order valence-electron chi connectivity index (χ4n) is 1.69. The molecule has 0 N–H and O–H groups in total. The van der Waals surface area contributed by atoms with Crippen LogP contribution >= 0.6 is 0 Å². The van der Waals surface area contributed by atoms with Gasteiger partial charge in [-0.2, -0.15) is 0 Å². The van der Waals surface area contributed by atoms with Gasteiger partial charge in [0.15, 0.2) is 0 Å². The van der Waals surface area contributed by atoms with Crippen LogP contribution in [-0.2, 0) is 0 Å². The van der Waals surface area contributed by atoms with Crippen LogP contribution in [0.1, 0.15) is 22.3 Å². The molecule has 0 heteroatoms. The molecule has 0 spiro atoms. The topological polar surface area (TPSA) is 0 Å². The Hall–Kier alpha value is -2.08. The van der Waals surface area contributed by atoms with E-state index in [1.54, 1.807) is 0 Å². The molecule has 0 saturated carbocycles. The van der Waals surface area contributed by atoms with Gasteiger partial charge in [0.2, 0.25) is 0 Å². The van der Waals surface area contributed by atoms with Crippen molar-refractivity contribution >= 4 is 12.2 Å². The maximum Gasteiger partial charge on any atom is -0.0256 e. The van der Waals surface area contributed by atoms with Gasteiger partial charge in [0.05, 0.1) is 0 Å². The number of hydrogen-bond acceptors (Lipinski definition) is 0. The van der Waals surface area contributed by atoms with Crippen LogP contribution in [-0.4, -0.2) is 0 Å². The second kappa shape index (κ2) is 6.02. The van der Waals surface area contributed by atoms with Gasteiger partial charge >= 0.3 is 0 Å². The van der Waals surface area contributed by atoms with E-state index >= 15 is 0 Å². The molecule has 0 aromatic heterocycles. The summed E-state index contributed by atoms with van der Waals surface area (Å²) in [5, 5.41) is 0. The minimum absolute atomic E-state index is 1.23. The van der Waals surface area contributed by atoms with E-state index < -0.39 is 0 Å². The van der Waals surface area contributed by atoms with Crippen LogP contribution in [0.2, 0.25) is 0 Å². The van der Waals surface area contributed by atoms with E-state index in [9.17, 15) is 0 Å². The molecule has 0 saturated heterocycles. The van der Waals surface area contributed by atoms with Gasteiger partial charge in [-0.15, -0.1) is 0 Å². The van der Waals surface area contributed by atoms with Crippen LogP contribution in [0, 0.1) is 13.8 Å². The van der Waals surface area contributed by atoms with Crippen LogP contribution in [0.15, 0.2) is 60.7 Å². The van der Waals surface area contributed by atoms with E-state index in [4.69, 9.17) is 0 Å². The Labute approximate surface area is 109 Å². The highest BCUT2D eigenvalue weighted by Crippen LogP contribution is 2.07. The maximum atomic E-state index is 2.13. The Balaban J connectivity index is 1.98. The second-order valence-corrected chi connectivity index (χ2v) is 4.54. The lowest BCUT2D eigenvalue weighted by molar-refractivity contribution is 1.46. The quantitative estimate of drug-likeness (QED) is 0.653. The van der Waals surface area contributed by atoms with Crippen LogP contribution in [0.4, 0.5) is 0 Å². The predicted octanol–water partition coefficient (Wildman–Crippen LogP) is 5.03. The Morgan fingerprint density at radius 3 is 1.22 bits per heavy atom. The van der Waals surface area contributed by atoms with Crippen molar-refractivity contribution in [2.75, 3.05) is 0 Å². The largest absolute Gasteiger partial charge is 0.0617 e. The Kier molecular flexibility index (Phi) is 4.14. The molecule has 0 atom stereocenters. The summed E-state index contributed by atoms with van der Waals surface area (Å²) in [5.41, 5.74) is 5.05. The summed E-state index contributed by atoms with van der Waals surface area (Å²) >= 11 is 0. The zero-order valence-electron chi connectivity index (χ0n) is 10.9. The van der Waals surface area contributed by atoms with E-state index in [2.05, 4.69) is 86.7 Å². The van der Waals surface area contributed by atoms with Crippen LogP contribution in [0.5, 0.6) is 0 Å². The molecular formula is C18H18. The van der Waals surface area contributed by atoms with Gasteiger partial charge < -0.3 is 0 Å². The Morgan fingerprint density at radius 2 is 0.889 bits per heavy atom. The average Bonchev–Trinajstić information content (AvgIpc) is 2.39. The second-order valence-electron chi connectivity index (χ2n) is 4.54. The summed E-state index contributed by atoms with van der Waals surface area (Å²) in [6.07, 6.45) is 8.38. The third kappa shape index (κ3) is 3.74. The van der Waals surface area contributed by atoms with Gasteiger partial charge in [-0.1, -0.05) is 84.0 Å². The van der Waals surface area contributed by atoms with Crippen LogP contribution in [0.3, 0.4) is 0 Å². The third-order valence-corrected chi connectivity index (χ3v) is 2.84. The Morgan fingerprint density at radius 1 is 0.556 bits per heavy atom. The zero-order valence-corrected chi connectivity index (χ0v) is 10.9. The van der Waals surface area contributed by atoms with Crippen molar-refractivity contribution in [3.8, 4) is 0 Å². The first-order chi connectivity index (χ1) is 8.74. The lowest BCUT2D eigenvalue weighted by atomic mass is 10.1. The van der Waals surface area contributed by atoms with Crippen LogP contribution < -0.4 is 0 Å². The fraction of sp³-hybridized carbons (Fsp3) is 0.111. The summed E-state index contributed by atoms with van der Waals surface area (Å²) in [7, 11) is 0. The minimum atomic E-state index is 1.23. The normalized spacial score (nSPS) is 11.4. The van der Waals surface area contributed by atoms with E-state index in [1.807, 2.05) is 0 Å². The molecule has 0 bridgehead atoms. The summed E-state index contributed by atoms with van der Waals surface area (Å²) in [5.74, 6) is 0. The molecule has 2 aromatic rings. The third-order valence-electron chi connectivity index (χ3n) is 2.84. The molecule has 0 fully saturated rings. The molecule has 0 aliphatic carbocycles. The van der Waals surface area contributed by atoms with Crippen molar-refractivity contribution in [3.63, 3.8) is 0 Å². The van der Waals surface area contributed by atoms with Crippen molar-refractivity contribution < 1.29 is 0 Å². The van der Waals surface area contributed by atoms with Gasteiger partial charge in [-0.05, 0) is 25.0 Å². The van der Waals surface area contributed by atoms with Gasteiger partial charge in [-0.25, -0.2) is 0 Å². The number of aryl methyl sites for hydroxylation is 2. The highest BCUT2D eigenvalue weighted by atomic mass is 13.9. The highest BCUT2D eigenvalue weighted by Gasteiger charge is 1.86. The number of allylic oxidation sites excluding steroid dienone is 2. The van der Waals surface area contributed by atoms with Gasteiger partial charge in [-0.3, -0.25) is 0 Å². The summed E-state index contributed by atoms with van der Waals surface area (Å²) < 4.78 is 0. The lowest BCUT2D eigenvalue weighted by Gasteiger charge is -1.94. The molecular weight excluding hydrogens is 216 g/mol. The molecule has 2 rings (SSSR count). The Bertz CT molecular complexity index is 486. The van der Waals surface area contributed by atoms with Crippen molar-refractivity contribution in [1.29, 1.82) is 0 Å². The molecule has 0 aliphatic rings. The van der Waals surface area contributed by atoms with Crippen molar-refractivity contribution in [2.24, 2.45) is 0 Å². The SMILES string of the molecule is Cc1ccc(C=CC=Cc2ccc(C)cc2)cc1. The first-order valence-electron chi connectivity index (χ1n) is 6.22. The molecule has 0 aliphatic heterocycles. The van der Waals surface area contributed by atoms with E-state index in [0.717, 1.165) is 0 Å². The molecule has 0 radical (unpaired) electrons. The van der Waals surface area contributed by atoms with Crippen LogP contribution in [0.25, 0.3) is 12.2 Å². The maximum absolute atomic E-state index is 2.13. The fourth-order valence-corrected chi connectivity index (χ4v) is 1.69. The molecule has 90 valence electrons.